The molecule has 1 aromatic carbocycles. The van der Waals surface area contributed by atoms with Crippen LogP contribution in [-0.2, 0) is 0 Å². The highest BCUT2D eigenvalue weighted by atomic mass is 16.1. The van der Waals surface area contributed by atoms with Crippen LogP contribution in [0.4, 0.5) is 0 Å². The van der Waals surface area contributed by atoms with Gasteiger partial charge in [0.05, 0.1) is 5.54 Å². The number of hydrogen-bond donors (Lipinski definition) is 3. The lowest BCUT2D eigenvalue weighted by molar-refractivity contribution is 0.0814. The molecule has 112 valence electrons. The molecule has 0 spiro atoms. The van der Waals surface area contributed by atoms with Gasteiger partial charge in [0.2, 0.25) is 0 Å². The van der Waals surface area contributed by atoms with Gasteiger partial charge in [0.25, 0.3) is 5.91 Å². The number of nitrogens with two attached hydrogens (primary N) is 1. The Labute approximate surface area is 125 Å². The molecule has 4 nitrogen and oxygen atoms in total. The molecule has 2 unspecified atom stereocenters. The number of aromatic nitrogens is 1. The predicted octanol–water partition coefficient (Wildman–Crippen LogP) is 2.81. The summed E-state index contributed by atoms with van der Waals surface area (Å²) in [6, 6.07) is 7.72. The fraction of sp³-hybridized carbons (Fsp3) is 0.471. The lowest BCUT2D eigenvalue weighted by Crippen LogP contribution is -2.59. The SMILES string of the molecule is CC1CCCCC1(CN)NC(=O)c1cccc2[nH]ccc12. The molecule has 1 heterocycles. The van der Waals surface area contributed by atoms with Crippen molar-refractivity contribution in [2.75, 3.05) is 6.54 Å². The van der Waals surface area contributed by atoms with Crippen LogP contribution in [0.1, 0.15) is 43.0 Å². The number of fused-ring (bicyclic) bond motifs is 1. The van der Waals surface area contributed by atoms with Gasteiger partial charge in [-0.05, 0) is 37.0 Å². The second-order valence-electron chi connectivity index (χ2n) is 6.21. The van der Waals surface area contributed by atoms with E-state index in [0.717, 1.165) is 35.7 Å². The van der Waals surface area contributed by atoms with Crippen LogP contribution in [0.5, 0.6) is 0 Å². The third-order valence-corrected chi connectivity index (χ3v) is 5.02. The Balaban J connectivity index is 1.90. The summed E-state index contributed by atoms with van der Waals surface area (Å²) in [6.45, 7) is 2.70. The van der Waals surface area contributed by atoms with E-state index >= 15 is 0 Å². The number of benzene rings is 1. The van der Waals surface area contributed by atoms with E-state index in [9.17, 15) is 4.79 Å². The van der Waals surface area contributed by atoms with Crippen molar-refractivity contribution in [1.29, 1.82) is 0 Å². The maximum atomic E-state index is 12.8. The maximum absolute atomic E-state index is 12.8. The molecular weight excluding hydrogens is 262 g/mol. The second kappa shape index (κ2) is 5.53. The van der Waals surface area contributed by atoms with Crippen molar-refractivity contribution >= 4 is 16.8 Å². The molecule has 1 saturated carbocycles. The summed E-state index contributed by atoms with van der Waals surface area (Å²) in [5.74, 6) is 0.407. The summed E-state index contributed by atoms with van der Waals surface area (Å²) in [5, 5.41) is 4.22. The van der Waals surface area contributed by atoms with Gasteiger partial charge in [-0.1, -0.05) is 25.8 Å². The maximum Gasteiger partial charge on any atom is 0.252 e. The summed E-state index contributed by atoms with van der Waals surface area (Å²) in [7, 11) is 0. The summed E-state index contributed by atoms with van der Waals surface area (Å²) >= 11 is 0. The van der Waals surface area contributed by atoms with Crippen LogP contribution in [0.3, 0.4) is 0 Å². The summed E-state index contributed by atoms with van der Waals surface area (Å²) < 4.78 is 0. The van der Waals surface area contributed by atoms with E-state index in [0.29, 0.717) is 12.5 Å². The van der Waals surface area contributed by atoms with Gasteiger partial charge in [0.15, 0.2) is 0 Å². The van der Waals surface area contributed by atoms with Crippen molar-refractivity contribution in [1.82, 2.24) is 10.3 Å². The van der Waals surface area contributed by atoms with Crippen molar-refractivity contribution < 1.29 is 4.79 Å². The highest BCUT2D eigenvalue weighted by molar-refractivity contribution is 6.06. The van der Waals surface area contributed by atoms with Gasteiger partial charge in [0.1, 0.15) is 0 Å². The van der Waals surface area contributed by atoms with Gasteiger partial charge < -0.3 is 16.0 Å². The Bertz CT molecular complexity index is 648. The van der Waals surface area contributed by atoms with Crippen molar-refractivity contribution in [3.05, 3.63) is 36.0 Å². The van der Waals surface area contributed by atoms with Gasteiger partial charge in [-0.3, -0.25) is 4.79 Å². The van der Waals surface area contributed by atoms with E-state index in [1.165, 1.54) is 6.42 Å². The molecule has 2 aromatic rings. The molecule has 1 amide bonds. The first-order valence-corrected chi connectivity index (χ1v) is 7.75. The molecule has 4 N–H and O–H groups in total. The summed E-state index contributed by atoms with van der Waals surface area (Å²) in [5.41, 5.74) is 7.48. The number of carbonyl (C=O) groups is 1. The zero-order valence-corrected chi connectivity index (χ0v) is 12.5. The molecule has 1 aromatic heterocycles. The third kappa shape index (κ3) is 2.44. The molecule has 0 aliphatic heterocycles. The monoisotopic (exact) mass is 285 g/mol. The Kier molecular flexibility index (Phi) is 3.72. The fourth-order valence-electron chi connectivity index (χ4n) is 3.53. The second-order valence-corrected chi connectivity index (χ2v) is 6.21. The average molecular weight is 285 g/mol. The van der Waals surface area contributed by atoms with Crippen molar-refractivity contribution in [3.63, 3.8) is 0 Å². The average Bonchev–Trinajstić information content (AvgIpc) is 2.98. The molecule has 1 aliphatic rings. The molecule has 21 heavy (non-hydrogen) atoms. The zero-order chi connectivity index (χ0) is 14.9. The minimum Gasteiger partial charge on any atom is -0.361 e. The number of nitrogens with one attached hydrogen (secondary N) is 2. The van der Waals surface area contributed by atoms with E-state index in [4.69, 9.17) is 5.73 Å². The number of carbonyl (C=O) groups excluding carboxylic acids is 1. The largest absolute Gasteiger partial charge is 0.361 e. The van der Waals surface area contributed by atoms with Crippen LogP contribution in [0.2, 0.25) is 0 Å². The van der Waals surface area contributed by atoms with E-state index in [1.807, 2.05) is 30.5 Å². The predicted molar refractivity (Wildman–Crippen MR) is 85.2 cm³/mol. The normalized spacial score (nSPS) is 25.9. The van der Waals surface area contributed by atoms with Crippen molar-refractivity contribution in [2.45, 2.75) is 38.1 Å². The van der Waals surface area contributed by atoms with E-state index < -0.39 is 0 Å². The highest BCUT2D eigenvalue weighted by Crippen LogP contribution is 2.33. The Morgan fingerprint density at radius 2 is 2.29 bits per heavy atom. The lowest BCUT2D eigenvalue weighted by atomic mass is 9.73. The molecule has 1 aliphatic carbocycles. The van der Waals surface area contributed by atoms with Crippen LogP contribution in [0.25, 0.3) is 10.9 Å². The quantitative estimate of drug-likeness (QED) is 0.811. The van der Waals surface area contributed by atoms with E-state index in [1.54, 1.807) is 0 Å². The number of amides is 1. The lowest BCUT2D eigenvalue weighted by Gasteiger charge is -2.42. The number of H-pyrrole nitrogens is 1. The van der Waals surface area contributed by atoms with Crippen LogP contribution in [0.15, 0.2) is 30.5 Å². The van der Waals surface area contributed by atoms with Gasteiger partial charge in [0, 0.05) is 29.2 Å². The highest BCUT2D eigenvalue weighted by Gasteiger charge is 2.38. The van der Waals surface area contributed by atoms with Gasteiger partial charge in [-0.25, -0.2) is 0 Å². The first kappa shape index (κ1) is 14.1. The van der Waals surface area contributed by atoms with E-state index in [-0.39, 0.29) is 11.4 Å². The third-order valence-electron chi connectivity index (χ3n) is 5.02. The van der Waals surface area contributed by atoms with Gasteiger partial charge in [-0.2, -0.15) is 0 Å². The molecule has 4 heteroatoms. The van der Waals surface area contributed by atoms with Gasteiger partial charge in [-0.15, -0.1) is 0 Å². The molecule has 1 fully saturated rings. The minimum absolute atomic E-state index is 0.0144. The summed E-state index contributed by atoms with van der Waals surface area (Å²) in [6.07, 6.45) is 6.33. The van der Waals surface area contributed by atoms with Crippen LogP contribution < -0.4 is 11.1 Å². The van der Waals surface area contributed by atoms with Gasteiger partial charge >= 0.3 is 0 Å². The van der Waals surface area contributed by atoms with Crippen LogP contribution in [0, 0.1) is 5.92 Å². The molecule has 0 bridgehead atoms. The molecule has 0 radical (unpaired) electrons. The fourth-order valence-corrected chi connectivity index (χ4v) is 3.53. The van der Waals surface area contributed by atoms with Crippen LogP contribution in [-0.4, -0.2) is 23.0 Å². The summed E-state index contributed by atoms with van der Waals surface area (Å²) in [4.78, 5) is 15.9. The van der Waals surface area contributed by atoms with Crippen molar-refractivity contribution in [3.8, 4) is 0 Å². The zero-order valence-electron chi connectivity index (χ0n) is 12.5. The van der Waals surface area contributed by atoms with E-state index in [2.05, 4.69) is 17.2 Å². The molecule has 0 saturated heterocycles. The number of aromatic amines is 1. The van der Waals surface area contributed by atoms with Crippen LogP contribution >= 0.6 is 0 Å². The first-order chi connectivity index (χ1) is 10.2. The minimum atomic E-state index is -0.256. The molecular formula is C17H23N3O. The molecule has 3 rings (SSSR count). The standard InChI is InChI=1S/C17H23N3O/c1-12-5-2-3-9-17(12,11-18)20-16(21)14-6-4-7-15-13(14)8-10-19-15/h4,6-8,10,12,19H,2-3,5,9,11,18H2,1H3,(H,20,21). The first-order valence-electron chi connectivity index (χ1n) is 7.75. The molecule has 2 atom stereocenters. The smallest absolute Gasteiger partial charge is 0.252 e. The number of hydrogen-bond acceptors (Lipinski definition) is 2. The Hall–Kier alpha value is -1.81. The number of rotatable bonds is 3. The van der Waals surface area contributed by atoms with Crippen molar-refractivity contribution in [2.24, 2.45) is 11.7 Å². The topological polar surface area (TPSA) is 70.9 Å². The Morgan fingerprint density at radius 3 is 3.05 bits per heavy atom. The Morgan fingerprint density at radius 1 is 1.43 bits per heavy atom.